The molecule has 0 unspecified atom stereocenters. The summed E-state index contributed by atoms with van der Waals surface area (Å²) in [6.07, 6.45) is 0. The maximum atomic E-state index is 5.42. The second kappa shape index (κ2) is 4.93. The van der Waals surface area contributed by atoms with Crippen LogP contribution in [0.15, 0.2) is 47.0 Å². The van der Waals surface area contributed by atoms with Crippen LogP contribution in [0.4, 0.5) is 0 Å². The van der Waals surface area contributed by atoms with E-state index in [2.05, 4.69) is 54.3 Å². The molecule has 0 aliphatic heterocycles. The molecule has 3 rings (SSSR count). The van der Waals surface area contributed by atoms with Crippen molar-refractivity contribution in [3.05, 3.63) is 59.2 Å². The highest BCUT2D eigenvalue weighted by molar-refractivity contribution is 5.63. The highest BCUT2D eigenvalue weighted by Gasteiger charge is 2.12. The Bertz CT molecular complexity index is 759. The summed E-state index contributed by atoms with van der Waals surface area (Å²) in [5, 5.41) is 4.09. The van der Waals surface area contributed by atoms with Crippen LogP contribution in [0.2, 0.25) is 0 Å². The molecule has 20 heavy (non-hydrogen) atoms. The summed E-state index contributed by atoms with van der Waals surface area (Å²) in [6.45, 7) is 6.15. The summed E-state index contributed by atoms with van der Waals surface area (Å²) in [5.41, 5.74) is 5.47. The maximum Gasteiger partial charge on any atom is 0.258 e. The minimum absolute atomic E-state index is 0.572. The molecule has 3 aromatic rings. The quantitative estimate of drug-likeness (QED) is 0.691. The standard InChI is InChI=1S/C17H16N2O/c1-11-5-4-6-14(9-11)16-18-17(20-19-16)15-10-12(2)7-8-13(15)3/h4-10H,1-3H3. The van der Waals surface area contributed by atoms with E-state index in [1.165, 1.54) is 11.1 Å². The van der Waals surface area contributed by atoms with Gasteiger partial charge in [0.15, 0.2) is 0 Å². The Labute approximate surface area is 118 Å². The average Bonchev–Trinajstić information content (AvgIpc) is 2.91. The lowest BCUT2D eigenvalue weighted by atomic mass is 10.1. The molecule has 0 aliphatic carbocycles. The zero-order valence-electron chi connectivity index (χ0n) is 11.8. The van der Waals surface area contributed by atoms with Gasteiger partial charge >= 0.3 is 0 Å². The van der Waals surface area contributed by atoms with E-state index in [-0.39, 0.29) is 0 Å². The molecular formula is C17H16N2O. The van der Waals surface area contributed by atoms with Gasteiger partial charge in [0.2, 0.25) is 5.82 Å². The Hall–Kier alpha value is -2.42. The molecule has 1 heterocycles. The van der Waals surface area contributed by atoms with Crippen molar-refractivity contribution in [2.24, 2.45) is 0 Å². The smallest absolute Gasteiger partial charge is 0.258 e. The maximum absolute atomic E-state index is 5.42. The van der Waals surface area contributed by atoms with Crippen LogP contribution in [0.1, 0.15) is 16.7 Å². The number of nitrogens with zero attached hydrogens (tertiary/aromatic N) is 2. The summed E-state index contributed by atoms with van der Waals surface area (Å²) in [5.74, 6) is 1.20. The number of rotatable bonds is 2. The van der Waals surface area contributed by atoms with Crippen LogP contribution in [-0.4, -0.2) is 10.1 Å². The van der Waals surface area contributed by atoms with Gasteiger partial charge in [0.05, 0.1) is 0 Å². The van der Waals surface area contributed by atoms with Crippen molar-refractivity contribution in [1.29, 1.82) is 0 Å². The highest BCUT2D eigenvalue weighted by atomic mass is 16.5. The first-order valence-corrected chi connectivity index (χ1v) is 6.62. The first-order valence-electron chi connectivity index (χ1n) is 6.62. The number of hydrogen-bond acceptors (Lipinski definition) is 3. The lowest BCUT2D eigenvalue weighted by Gasteiger charge is -2.01. The topological polar surface area (TPSA) is 38.9 Å². The van der Waals surface area contributed by atoms with Crippen LogP contribution >= 0.6 is 0 Å². The van der Waals surface area contributed by atoms with Gasteiger partial charge in [-0.3, -0.25) is 0 Å². The number of hydrogen-bond donors (Lipinski definition) is 0. The Kier molecular flexibility index (Phi) is 3.11. The predicted octanol–water partition coefficient (Wildman–Crippen LogP) is 4.33. The van der Waals surface area contributed by atoms with Crippen molar-refractivity contribution in [1.82, 2.24) is 10.1 Å². The molecule has 0 N–H and O–H groups in total. The molecule has 0 bridgehead atoms. The molecule has 0 atom stereocenters. The van der Waals surface area contributed by atoms with E-state index in [0.29, 0.717) is 11.7 Å². The van der Waals surface area contributed by atoms with Gasteiger partial charge < -0.3 is 4.52 Å². The summed E-state index contributed by atoms with van der Waals surface area (Å²) in [4.78, 5) is 4.52. The molecular weight excluding hydrogens is 248 g/mol. The van der Waals surface area contributed by atoms with E-state index >= 15 is 0 Å². The molecule has 0 amide bonds. The van der Waals surface area contributed by atoms with Gasteiger partial charge in [0.25, 0.3) is 5.89 Å². The molecule has 1 aromatic heterocycles. The van der Waals surface area contributed by atoms with Gasteiger partial charge in [0, 0.05) is 11.1 Å². The van der Waals surface area contributed by atoms with Crippen LogP contribution in [-0.2, 0) is 0 Å². The summed E-state index contributed by atoms with van der Waals surface area (Å²) < 4.78 is 5.42. The monoisotopic (exact) mass is 264 g/mol. The molecule has 0 saturated carbocycles. The van der Waals surface area contributed by atoms with E-state index in [1.807, 2.05) is 19.1 Å². The van der Waals surface area contributed by atoms with Gasteiger partial charge in [-0.2, -0.15) is 4.98 Å². The minimum atomic E-state index is 0.572. The van der Waals surface area contributed by atoms with E-state index in [0.717, 1.165) is 16.7 Å². The first kappa shape index (κ1) is 12.6. The van der Waals surface area contributed by atoms with Gasteiger partial charge in [-0.25, -0.2) is 0 Å². The van der Waals surface area contributed by atoms with Crippen LogP contribution in [0, 0.1) is 20.8 Å². The Morgan fingerprint density at radius 2 is 1.70 bits per heavy atom. The van der Waals surface area contributed by atoms with Gasteiger partial charge in [-0.15, -0.1) is 0 Å². The van der Waals surface area contributed by atoms with Crippen LogP contribution in [0.5, 0.6) is 0 Å². The van der Waals surface area contributed by atoms with E-state index in [1.54, 1.807) is 0 Å². The molecule has 3 heteroatoms. The van der Waals surface area contributed by atoms with Crippen molar-refractivity contribution in [3.8, 4) is 22.8 Å². The lowest BCUT2D eigenvalue weighted by Crippen LogP contribution is -1.86. The fourth-order valence-electron chi connectivity index (χ4n) is 2.20. The fourth-order valence-corrected chi connectivity index (χ4v) is 2.20. The van der Waals surface area contributed by atoms with Crippen LogP contribution in [0.25, 0.3) is 22.8 Å². The molecule has 3 nitrogen and oxygen atoms in total. The predicted molar refractivity (Wildman–Crippen MR) is 79.4 cm³/mol. The molecule has 0 spiro atoms. The molecule has 0 radical (unpaired) electrons. The van der Waals surface area contributed by atoms with Gasteiger partial charge in [-0.05, 0) is 38.5 Å². The second-order valence-electron chi connectivity index (χ2n) is 5.11. The average molecular weight is 264 g/mol. The normalized spacial score (nSPS) is 10.8. The van der Waals surface area contributed by atoms with Crippen LogP contribution < -0.4 is 0 Å². The Morgan fingerprint density at radius 3 is 2.50 bits per heavy atom. The van der Waals surface area contributed by atoms with E-state index < -0.39 is 0 Å². The SMILES string of the molecule is Cc1cccc(-c2noc(-c3cc(C)ccc3C)n2)c1. The van der Waals surface area contributed by atoms with E-state index in [4.69, 9.17) is 4.52 Å². The largest absolute Gasteiger partial charge is 0.334 e. The van der Waals surface area contributed by atoms with Gasteiger partial charge in [-0.1, -0.05) is 46.6 Å². The fraction of sp³-hybridized carbons (Fsp3) is 0.176. The Balaban J connectivity index is 2.04. The van der Waals surface area contributed by atoms with Crippen molar-refractivity contribution in [2.75, 3.05) is 0 Å². The first-order chi connectivity index (χ1) is 9.63. The number of aromatic nitrogens is 2. The third kappa shape index (κ3) is 2.35. The van der Waals surface area contributed by atoms with Crippen LogP contribution in [0.3, 0.4) is 0 Å². The van der Waals surface area contributed by atoms with Gasteiger partial charge in [0.1, 0.15) is 0 Å². The molecule has 100 valence electrons. The third-order valence-electron chi connectivity index (χ3n) is 3.33. The second-order valence-corrected chi connectivity index (χ2v) is 5.11. The molecule has 0 aliphatic rings. The molecule has 0 saturated heterocycles. The minimum Gasteiger partial charge on any atom is -0.334 e. The van der Waals surface area contributed by atoms with E-state index in [9.17, 15) is 0 Å². The molecule has 2 aromatic carbocycles. The zero-order chi connectivity index (χ0) is 14.1. The summed E-state index contributed by atoms with van der Waals surface area (Å²) >= 11 is 0. The van der Waals surface area contributed by atoms with Crippen molar-refractivity contribution in [2.45, 2.75) is 20.8 Å². The van der Waals surface area contributed by atoms with Crippen molar-refractivity contribution >= 4 is 0 Å². The van der Waals surface area contributed by atoms with Crippen molar-refractivity contribution < 1.29 is 4.52 Å². The summed E-state index contributed by atoms with van der Waals surface area (Å²) in [6, 6.07) is 14.3. The summed E-state index contributed by atoms with van der Waals surface area (Å²) in [7, 11) is 0. The lowest BCUT2D eigenvalue weighted by molar-refractivity contribution is 0.432. The third-order valence-corrected chi connectivity index (χ3v) is 3.33. The molecule has 0 fully saturated rings. The number of benzene rings is 2. The Morgan fingerprint density at radius 1 is 0.900 bits per heavy atom. The van der Waals surface area contributed by atoms with Crippen molar-refractivity contribution in [3.63, 3.8) is 0 Å². The highest BCUT2D eigenvalue weighted by Crippen LogP contribution is 2.25. The number of aryl methyl sites for hydroxylation is 3. The zero-order valence-corrected chi connectivity index (χ0v) is 11.8.